The quantitative estimate of drug-likeness (QED) is 0.536. The van der Waals surface area contributed by atoms with Crippen LogP contribution in [0.4, 0.5) is 0 Å². The highest BCUT2D eigenvalue weighted by atomic mass is 32.2. The van der Waals surface area contributed by atoms with E-state index in [9.17, 15) is 9.59 Å². The van der Waals surface area contributed by atoms with Crippen molar-refractivity contribution in [2.45, 2.75) is 12.3 Å². The molecule has 0 aromatic heterocycles. The van der Waals surface area contributed by atoms with Gasteiger partial charge in [0.15, 0.2) is 6.54 Å². The minimum Gasteiger partial charge on any atom is -0.355 e. The Hall–Kier alpha value is -2.31. The maximum Gasteiger partial charge on any atom is 0.275 e. The van der Waals surface area contributed by atoms with Crippen molar-refractivity contribution in [1.82, 2.24) is 10.6 Å². The lowest BCUT2D eigenvalue weighted by molar-refractivity contribution is -0.885. The Kier molecular flexibility index (Phi) is 8.87. The van der Waals surface area contributed by atoms with Crippen LogP contribution in [0.1, 0.15) is 21.5 Å². The van der Waals surface area contributed by atoms with Gasteiger partial charge < -0.3 is 15.5 Å². The van der Waals surface area contributed by atoms with Gasteiger partial charge in [-0.15, -0.1) is 0 Å². The van der Waals surface area contributed by atoms with Crippen LogP contribution in [0.5, 0.6) is 0 Å². The van der Waals surface area contributed by atoms with E-state index >= 15 is 0 Å². The highest BCUT2D eigenvalue weighted by Crippen LogP contribution is 2.10. The zero-order chi connectivity index (χ0) is 19.5. The summed E-state index contributed by atoms with van der Waals surface area (Å²) in [6, 6.07) is 17.8. The van der Waals surface area contributed by atoms with Crippen molar-refractivity contribution >= 4 is 23.6 Å². The van der Waals surface area contributed by atoms with Gasteiger partial charge in [0.25, 0.3) is 11.8 Å². The normalized spacial score (nSPS) is 11.6. The summed E-state index contributed by atoms with van der Waals surface area (Å²) in [5.41, 5.74) is 3.05. The van der Waals surface area contributed by atoms with Gasteiger partial charge in [0.2, 0.25) is 0 Å². The number of quaternary nitrogens is 1. The topological polar surface area (TPSA) is 62.6 Å². The second-order valence-corrected chi connectivity index (χ2v) is 7.58. The highest BCUT2D eigenvalue weighted by molar-refractivity contribution is 7.98. The summed E-state index contributed by atoms with van der Waals surface area (Å²) in [6.07, 6.45) is 0. The van der Waals surface area contributed by atoms with Gasteiger partial charge >= 0.3 is 0 Å². The van der Waals surface area contributed by atoms with Crippen LogP contribution in [0.25, 0.3) is 0 Å². The number of hydrogen-bond acceptors (Lipinski definition) is 3. The lowest BCUT2D eigenvalue weighted by Crippen LogP contribution is -3.08. The molecular weight excluding hydrogens is 358 g/mol. The van der Waals surface area contributed by atoms with Crippen molar-refractivity contribution in [3.63, 3.8) is 0 Å². The fraction of sp³-hybridized carbons (Fsp3) is 0.333. The Labute approximate surface area is 165 Å². The molecule has 2 aromatic rings. The Morgan fingerprint density at radius 2 is 1.70 bits per heavy atom. The first-order chi connectivity index (χ1) is 13.1. The third kappa shape index (κ3) is 7.85. The summed E-state index contributed by atoms with van der Waals surface area (Å²) in [4.78, 5) is 24.7. The summed E-state index contributed by atoms with van der Waals surface area (Å²) < 4.78 is 0. The first-order valence-electron chi connectivity index (χ1n) is 9.09. The van der Waals surface area contributed by atoms with Gasteiger partial charge in [-0.25, -0.2) is 0 Å². The highest BCUT2D eigenvalue weighted by Gasteiger charge is 2.11. The molecule has 2 amide bonds. The van der Waals surface area contributed by atoms with Crippen LogP contribution >= 0.6 is 11.8 Å². The molecule has 6 heteroatoms. The molecule has 1 atom stereocenters. The summed E-state index contributed by atoms with van der Waals surface area (Å²) in [5, 5.41) is 5.59. The van der Waals surface area contributed by atoms with E-state index in [0.717, 1.165) is 28.5 Å². The zero-order valence-corrected chi connectivity index (χ0v) is 16.8. The molecule has 0 bridgehead atoms. The number of rotatable bonds is 10. The molecule has 0 saturated carbocycles. The average molecular weight is 387 g/mol. The van der Waals surface area contributed by atoms with Crippen LogP contribution < -0.4 is 15.5 Å². The Morgan fingerprint density at radius 3 is 2.37 bits per heavy atom. The summed E-state index contributed by atoms with van der Waals surface area (Å²) in [7, 11) is 3.61. The van der Waals surface area contributed by atoms with E-state index in [1.54, 1.807) is 7.05 Å². The van der Waals surface area contributed by atoms with Gasteiger partial charge in [-0.3, -0.25) is 9.59 Å². The Balaban J connectivity index is 1.62. The van der Waals surface area contributed by atoms with Gasteiger partial charge in [0.05, 0.1) is 7.05 Å². The number of likely N-dealkylation sites (N-methyl/N-ethyl adjacent to an activating group) is 1. The molecule has 0 aliphatic rings. The van der Waals surface area contributed by atoms with Crippen LogP contribution in [0.15, 0.2) is 54.6 Å². The smallest absolute Gasteiger partial charge is 0.275 e. The van der Waals surface area contributed by atoms with Crippen LogP contribution in [-0.4, -0.2) is 44.8 Å². The number of benzene rings is 2. The van der Waals surface area contributed by atoms with Gasteiger partial charge in [0.1, 0.15) is 6.54 Å². The van der Waals surface area contributed by atoms with E-state index in [1.165, 1.54) is 5.56 Å². The maximum absolute atomic E-state index is 12.1. The van der Waals surface area contributed by atoms with Crippen molar-refractivity contribution in [1.29, 1.82) is 0 Å². The van der Waals surface area contributed by atoms with E-state index in [4.69, 9.17) is 0 Å². The minimum absolute atomic E-state index is 0.0646. The van der Waals surface area contributed by atoms with Crippen LogP contribution in [0.3, 0.4) is 0 Å². The molecule has 2 aromatic carbocycles. The molecule has 0 heterocycles. The molecule has 1 unspecified atom stereocenters. The number of carbonyl (C=O) groups excluding carboxylic acids is 2. The van der Waals surface area contributed by atoms with Crippen LogP contribution in [0.2, 0.25) is 0 Å². The number of thioether (sulfide) groups is 1. The van der Waals surface area contributed by atoms with E-state index in [2.05, 4.69) is 22.8 Å². The summed E-state index contributed by atoms with van der Waals surface area (Å²) >= 11 is 1.82. The molecule has 2 rings (SSSR count). The lowest BCUT2D eigenvalue weighted by Gasteiger charge is -2.14. The number of amides is 2. The van der Waals surface area contributed by atoms with E-state index < -0.39 is 0 Å². The number of carbonyl (C=O) groups is 2. The fourth-order valence-corrected chi connectivity index (χ4v) is 3.51. The molecule has 0 aliphatic heterocycles. The molecular formula is C21H28N3O2S+. The first-order valence-corrected chi connectivity index (χ1v) is 10.2. The van der Waals surface area contributed by atoms with E-state index in [0.29, 0.717) is 18.7 Å². The molecule has 3 N–H and O–H groups in total. The van der Waals surface area contributed by atoms with Crippen molar-refractivity contribution < 1.29 is 14.5 Å². The molecule has 0 aliphatic carbocycles. The number of nitrogens with one attached hydrogen (secondary N) is 3. The zero-order valence-electron chi connectivity index (χ0n) is 16.0. The van der Waals surface area contributed by atoms with Crippen LogP contribution in [-0.2, 0) is 17.1 Å². The molecule has 5 nitrogen and oxygen atoms in total. The van der Waals surface area contributed by atoms with Crippen molar-refractivity contribution in [3.8, 4) is 0 Å². The predicted molar refractivity (Wildman–Crippen MR) is 111 cm³/mol. The fourth-order valence-electron chi connectivity index (χ4n) is 2.69. The van der Waals surface area contributed by atoms with E-state index in [-0.39, 0.29) is 11.8 Å². The second-order valence-electron chi connectivity index (χ2n) is 6.47. The van der Waals surface area contributed by atoms with Gasteiger partial charge in [-0.05, 0) is 17.7 Å². The van der Waals surface area contributed by atoms with Crippen LogP contribution in [0, 0.1) is 0 Å². The Morgan fingerprint density at radius 1 is 1.00 bits per heavy atom. The maximum atomic E-state index is 12.1. The molecule has 27 heavy (non-hydrogen) atoms. The standard InChI is InChI=1S/C21H27N3O2S/c1-22-21(26)19-10-8-17(9-11-19)14-24(2)15-20(25)23-12-13-27-16-18-6-4-3-5-7-18/h3-11H,12-16H2,1-2H3,(H,22,26)(H,23,25)/p+1. The largest absolute Gasteiger partial charge is 0.355 e. The van der Waals surface area contributed by atoms with Crippen molar-refractivity contribution in [2.75, 3.05) is 32.9 Å². The van der Waals surface area contributed by atoms with Crippen molar-refractivity contribution in [2.24, 2.45) is 0 Å². The average Bonchev–Trinajstić information content (AvgIpc) is 2.68. The molecule has 0 radical (unpaired) electrons. The van der Waals surface area contributed by atoms with Gasteiger partial charge in [0, 0.05) is 36.2 Å². The first kappa shape index (κ1) is 21.0. The number of hydrogen-bond donors (Lipinski definition) is 3. The summed E-state index contributed by atoms with van der Waals surface area (Å²) in [6.45, 7) is 1.86. The molecule has 144 valence electrons. The second kappa shape index (κ2) is 11.4. The third-order valence-electron chi connectivity index (χ3n) is 4.09. The Bertz CT molecular complexity index is 720. The van der Waals surface area contributed by atoms with E-state index in [1.807, 2.05) is 61.3 Å². The van der Waals surface area contributed by atoms with Gasteiger partial charge in [-0.1, -0.05) is 42.5 Å². The lowest BCUT2D eigenvalue weighted by atomic mass is 10.1. The SMILES string of the molecule is CNC(=O)c1ccc(C[NH+](C)CC(=O)NCCSCc2ccccc2)cc1. The minimum atomic E-state index is -0.0910. The molecule has 0 spiro atoms. The monoisotopic (exact) mass is 386 g/mol. The molecule has 0 fully saturated rings. The summed E-state index contributed by atoms with van der Waals surface area (Å²) in [5.74, 6) is 1.84. The molecule has 0 saturated heterocycles. The van der Waals surface area contributed by atoms with Crippen molar-refractivity contribution in [3.05, 3.63) is 71.3 Å². The third-order valence-corrected chi connectivity index (χ3v) is 5.12. The predicted octanol–water partition coefficient (Wildman–Crippen LogP) is 1.11. The van der Waals surface area contributed by atoms with Gasteiger partial charge in [-0.2, -0.15) is 11.8 Å².